The Bertz CT molecular complexity index is 139. The van der Waals surface area contributed by atoms with Crippen molar-refractivity contribution in [2.24, 2.45) is 0 Å². The maximum absolute atomic E-state index is 3.51. The van der Waals surface area contributed by atoms with Crippen LogP contribution in [0.4, 0.5) is 0 Å². The van der Waals surface area contributed by atoms with Crippen LogP contribution in [-0.4, -0.2) is 12.6 Å². The second kappa shape index (κ2) is 6.38. The van der Waals surface area contributed by atoms with E-state index in [1.165, 1.54) is 0 Å². The molecular weight excluding hydrogens is 122 g/mol. The summed E-state index contributed by atoms with van der Waals surface area (Å²) >= 11 is 0. The normalized spacial score (nSPS) is 11.4. The summed E-state index contributed by atoms with van der Waals surface area (Å²) in [4.78, 5) is 0. The molecule has 0 radical (unpaired) electrons. The van der Waals surface area contributed by atoms with Crippen LogP contribution in [0, 0.1) is 11.8 Å². The summed E-state index contributed by atoms with van der Waals surface area (Å²) < 4.78 is 0. The zero-order chi connectivity index (χ0) is 7.82. The zero-order valence-corrected chi connectivity index (χ0v) is 6.78. The minimum absolute atomic E-state index is 0.290. The summed E-state index contributed by atoms with van der Waals surface area (Å²) in [5.74, 6) is 5.80. The third-order valence-corrected chi connectivity index (χ3v) is 1.10. The molecule has 0 fully saturated rings. The van der Waals surface area contributed by atoms with Crippen LogP contribution in [0.25, 0.3) is 0 Å². The van der Waals surface area contributed by atoms with E-state index in [9.17, 15) is 0 Å². The molecule has 0 aromatic heterocycles. The van der Waals surface area contributed by atoms with Gasteiger partial charge in [-0.1, -0.05) is 25.3 Å². The van der Waals surface area contributed by atoms with Crippen LogP contribution in [0.2, 0.25) is 0 Å². The average molecular weight is 137 g/mol. The molecule has 1 unspecified atom stereocenters. The first-order valence-electron chi connectivity index (χ1n) is 3.66. The van der Waals surface area contributed by atoms with Crippen LogP contribution in [-0.2, 0) is 0 Å². The van der Waals surface area contributed by atoms with E-state index >= 15 is 0 Å². The van der Waals surface area contributed by atoms with Crippen molar-refractivity contribution in [3.8, 4) is 11.8 Å². The Morgan fingerprint density at radius 2 is 2.40 bits per heavy atom. The third-order valence-electron chi connectivity index (χ3n) is 1.10. The van der Waals surface area contributed by atoms with Crippen LogP contribution < -0.4 is 5.32 Å². The average Bonchev–Trinajstić information content (AvgIpc) is 1.97. The van der Waals surface area contributed by atoms with Crippen molar-refractivity contribution in [1.82, 2.24) is 5.32 Å². The minimum atomic E-state index is 0.290. The molecule has 0 aliphatic heterocycles. The van der Waals surface area contributed by atoms with Gasteiger partial charge in [0.05, 0.1) is 6.04 Å². The summed E-state index contributed by atoms with van der Waals surface area (Å²) in [6.45, 7) is 8.73. The molecule has 1 heteroatoms. The highest BCUT2D eigenvalue weighted by atomic mass is 14.9. The van der Waals surface area contributed by atoms with Crippen molar-refractivity contribution in [2.45, 2.75) is 26.3 Å². The fourth-order valence-corrected chi connectivity index (χ4v) is 0.596. The second-order valence-corrected chi connectivity index (χ2v) is 2.17. The molecule has 0 saturated carbocycles. The van der Waals surface area contributed by atoms with Crippen molar-refractivity contribution in [2.75, 3.05) is 6.54 Å². The maximum Gasteiger partial charge on any atom is 0.0664 e. The van der Waals surface area contributed by atoms with Crippen molar-refractivity contribution >= 4 is 0 Å². The molecular formula is C9H15N. The molecule has 0 bridgehead atoms. The number of nitrogens with one attached hydrogen (secondary N) is 1. The predicted octanol–water partition coefficient (Wildman–Crippen LogP) is 1.56. The Labute approximate surface area is 63.5 Å². The fourth-order valence-electron chi connectivity index (χ4n) is 0.596. The van der Waals surface area contributed by atoms with Crippen molar-refractivity contribution in [3.63, 3.8) is 0 Å². The summed E-state index contributed by atoms with van der Waals surface area (Å²) in [7, 11) is 0. The Morgan fingerprint density at radius 3 is 2.90 bits per heavy atom. The van der Waals surface area contributed by atoms with Crippen LogP contribution in [0.3, 0.4) is 0 Å². The highest BCUT2D eigenvalue weighted by molar-refractivity contribution is 5.15. The van der Waals surface area contributed by atoms with E-state index in [-0.39, 0.29) is 6.04 Å². The van der Waals surface area contributed by atoms with E-state index in [4.69, 9.17) is 0 Å². The topological polar surface area (TPSA) is 12.0 Å². The van der Waals surface area contributed by atoms with Gasteiger partial charge in [-0.3, -0.25) is 0 Å². The van der Waals surface area contributed by atoms with Crippen molar-refractivity contribution in [3.05, 3.63) is 12.7 Å². The van der Waals surface area contributed by atoms with Gasteiger partial charge in [-0.15, -0.1) is 0 Å². The van der Waals surface area contributed by atoms with E-state index in [0.717, 1.165) is 13.0 Å². The standard InChI is InChI=1S/C9H15N/c1-4-6-7-9(3)10-8-5-2/h4,9-10H,1,5,8H2,2-3H3. The predicted molar refractivity (Wildman–Crippen MR) is 45.7 cm³/mol. The van der Waals surface area contributed by atoms with Gasteiger partial charge in [0.1, 0.15) is 0 Å². The van der Waals surface area contributed by atoms with Gasteiger partial charge < -0.3 is 5.32 Å². The highest BCUT2D eigenvalue weighted by Gasteiger charge is 1.90. The molecule has 0 aromatic carbocycles. The third kappa shape index (κ3) is 5.40. The number of hydrogen-bond acceptors (Lipinski definition) is 1. The van der Waals surface area contributed by atoms with Crippen LogP contribution in [0.1, 0.15) is 20.3 Å². The van der Waals surface area contributed by atoms with Gasteiger partial charge in [0.15, 0.2) is 0 Å². The van der Waals surface area contributed by atoms with Crippen molar-refractivity contribution in [1.29, 1.82) is 0 Å². The number of rotatable bonds is 3. The quantitative estimate of drug-likeness (QED) is 0.582. The summed E-state index contributed by atoms with van der Waals surface area (Å²) in [6.07, 6.45) is 2.77. The largest absolute Gasteiger partial charge is 0.304 e. The van der Waals surface area contributed by atoms with E-state index < -0.39 is 0 Å². The van der Waals surface area contributed by atoms with Crippen molar-refractivity contribution < 1.29 is 0 Å². The van der Waals surface area contributed by atoms with Gasteiger partial charge in [-0.05, 0) is 26.0 Å². The van der Waals surface area contributed by atoms with Gasteiger partial charge >= 0.3 is 0 Å². The molecule has 0 spiro atoms. The van der Waals surface area contributed by atoms with Gasteiger partial charge in [-0.2, -0.15) is 0 Å². The summed E-state index contributed by atoms with van der Waals surface area (Å²) in [5.41, 5.74) is 0. The fraction of sp³-hybridized carbons (Fsp3) is 0.556. The molecule has 0 rings (SSSR count). The molecule has 0 amide bonds. The molecule has 0 aliphatic rings. The molecule has 1 atom stereocenters. The Balaban J connectivity index is 3.42. The molecule has 0 aliphatic carbocycles. The molecule has 0 saturated heterocycles. The maximum atomic E-state index is 3.51. The SMILES string of the molecule is C=CC#CC(C)NCCC. The van der Waals surface area contributed by atoms with Gasteiger partial charge in [0, 0.05) is 0 Å². The minimum Gasteiger partial charge on any atom is -0.304 e. The Kier molecular flexibility index (Phi) is 5.91. The molecule has 0 aromatic rings. The van der Waals surface area contributed by atoms with Gasteiger partial charge in [0.2, 0.25) is 0 Å². The lowest BCUT2D eigenvalue weighted by Gasteiger charge is -2.03. The summed E-state index contributed by atoms with van der Waals surface area (Å²) in [6, 6.07) is 0.290. The van der Waals surface area contributed by atoms with E-state index in [1.54, 1.807) is 6.08 Å². The van der Waals surface area contributed by atoms with Crippen LogP contribution >= 0.6 is 0 Å². The van der Waals surface area contributed by atoms with Crippen LogP contribution in [0.5, 0.6) is 0 Å². The number of allylic oxidation sites excluding steroid dienone is 1. The van der Waals surface area contributed by atoms with Gasteiger partial charge in [-0.25, -0.2) is 0 Å². The molecule has 1 N–H and O–H groups in total. The lowest BCUT2D eigenvalue weighted by molar-refractivity contribution is 0.637. The summed E-state index contributed by atoms with van der Waals surface area (Å²) in [5, 5.41) is 3.25. The van der Waals surface area contributed by atoms with Crippen LogP contribution in [0.15, 0.2) is 12.7 Å². The zero-order valence-electron chi connectivity index (χ0n) is 6.78. The second-order valence-electron chi connectivity index (χ2n) is 2.17. The monoisotopic (exact) mass is 137 g/mol. The molecule has 10 heavy (non-hydrogen) atoms. The lowest BCUT2D eigenvalue weighted by Crippen LogP contribution is -2.24. The lowest BCUT2D eigenvalue weighted by atomic mass is 10.3. The molecule has 0 heterocycles. The Hall–Kier alpha value is -0.740. The smallest absolute Gasteiger partial charge is 0.0664 e. The first-order valence-corrected chi connectivity index (χ1v) is 3.66. The molecule has 56 valence electrons. The first-order chi connectivity index (χ1) is 4.81. The highest BCUT2D eigenvalue weighted by Crippen LogP contribution is 1.78. The van der Waals surface area contributed by atoms with E-state index in [1.807, 2.05) is 6.92 Å². The van der Waals surface area contributed by atoms with E-state index in [0.29, 0.717) is 0 Å². The van der Waals surface area contributed by atoms with Gasteiger partial charge in [0.25, 0.3) is 0 Å². The Morgan fingerprint density at radius 1 is 1.70 bits per heavy atom. The van der Waals surface area contributed by atoms with E-state index in [2.05, 4.69) is 30.7 Å². The molecule has 1 nitrogen and oxygen atoms in total. The number of hydrogen-bond donors (Lipinski definition) is 1. The first kappa shape index (κ1) is 9.26.